The van der Waals surface area contributed by atoms with Crippen molar-refractivity contribution < 1.29 is 17.6 Å². The Bertz CT molecular complexity index is 696. The Morgan fingerprint density at radius 1 is 1.50 bits per heavy atom. The van der Waals surface area contributed by atoms with E-state index in [1.807, 2.05) is 6.07 Å². The maximum Gasteiger partial charge on any atom is 0.158 e. The van der Waals surface area contributed by atoms with Gasteiger partial charge in [0.15, 0.2) is 15.6 Å². The second-order valence-corrected chi connectivity index (χ2v) is 7.37. The van der Waals surface area contributed by atoms with Crippen molar-refractivity contribution >= 4 is 27.2 Å². The molecule has 0 spiro atoms. The third-order valence-electron chi connectivity index (χ3n) is 3.32. The Kier molecular flexibility index (Phi) is 4.11. The van der Waals surface area contributed by atoms with E-state index in [-0.39, 0.29) is 28.5 Å². The highest BCUT2D eigenvalue weighted by Crippen LogP contribution is 2.31. The fourth-order valence-corrected chi connectivity index (χ4v) is 4.31. The highest BCUT2D eigenvalue weighted by molar-refractivity contribution is 7.91. The third kappa shape index (κ3) is 3.00. The third-order valence-corrected chi connectivity index (χ3v) is 5.42. The van der Waals surface area contributed by atoms with Crippen LogP contribution in [0, 0.1) is 23.1 Å². The molecule has 106 valence electrons. The normalized spacial score (nSPS) is 22.1. The lowest BCUT2D eigenvalue weighted by Gasteiger charge is -2.14. The molecule has 1 aliphatic rings. The van der Waals surface area contributed by atoms with Gasteiger partial charge in [-0.15, -0.1) is 0 Å². The zero-order valence-electron chi connectivity index (χ0n) is 10.3. The standard InChI is InChI=1S/C13H11ClFNO3S/c14-12-5-9(15)1-2-10(12)11(6-16)13(17)8-3-4-20(18,19)7-8/h1-2,5,8,11H,3-4,7H2. The lowest BCUT2D eigenvalue weighted by molar-refractivity contribution is -0.122. The number of carbonyl (C=O) groups is 1. The van der Waals surface area contributed by atoms with Crippen molar-refractivity contribution in [1.29, 1.82) is 5.26 Å². The van der Waals surface area contributed by atoms with Crippen LogP contribution in [-0.4, -0.2) is 25.7 Å². The molecule has 2 unspecified atom stereocenters. The Morgan fingerprint density at radius 3 is 2.70 bits per heavy atom. The summed E-state index contributed by atoms with van der Waals surface area (Å²) in [7, 11) is -3.20. The first-order valence-electron chi connectivity index (χ1n) is 5.93. The van der Waals surface area contributed by atoms with Crippen LogP contribution in [0.5, 0.6) is 0 Å². The van der Waals surface area contributed by atoms with Crippen molar-refractivity contribution in [3.8, 4) is 6.07 Å². The molecular formula is C13H11ClFNO3S. The van der Waals surface area contributed by atoms with E-state index < -0.39 is 33.3 Å². The zero-order valence-corrected chi connectivity index (χ0v) is 11.9. The van der Waals surface area contributed by atoms with E-state index in [0.717, 1.165) is 12.1 Å². The summed E-state index contributed by atoms with van der Waals surface area (Å²) in [5.41, 5.74) is 0.213. The van der Waals surface area contributed by atoms with Gasteiger partial charge in [0, 0.05) is 10.9 Å². The number of nitriles is 1. The number of sulfone groups is 1. The maximum atomic E-state index is 13.0. The minimum atomic E-state index is -3.20. The van der Waals surface area contributed by atoms with E-state index in [1.165, 1.54) is 6.07 Å². The van der Waals surface area contributed by atoms with E-state index >= 15 is 0 Å². The first-order valence-corrected chi connectivity index (χ1v) is 8.12. The van der Waals surface area contributed by atoms with Crippen LogP contribution in [0.4, 0.5) is 4.39 Å². The number of carbonyl (C=O) groups excluding carboxylic acids is 1. The summed E-state index contributed by atoms with van der Waals surface area (Å²) < 4.78 is 35.8. The monoisotopic (exact) mass is 315 g/mol. The molecule has 0 radical (unpaired) electrons. The molecule has 20 heavy (non-hydrogen) atoms. The molecule has 1 heterocycles. The predicted molar refractivity (Wildman–Crippen MR) is 71.5 cm³/mol. The van der Waals surface area contributed by atoms with Crippen molar-refractivity contribution in [2.45, 2.75) is 12.3 Å². The van der Waals surface area contributed by atoms with Gasteiger partial charge in [0.05, 0.1) is 17.6 Å². The summed E-state index contributed by atoms with van der Waals surface area (Å²) in [4.78, 5) is 12.3. The number of Topliss-reactive ketones (excluding diaryl/α,β-unsaturated/α-hetero) is 1. The Labute approximate surface area is 121 Å². The summed E-state index contributed by atoms with van der Waals surface area (Å²) >= 11 is 5.85. The molecule has 4 nitrogen and oxygen atoms in total. The smallest absolute Gasteiger partial charge is 0.158 e. The molecule has 0 aromatic heterocycles. The fraction of sp³-hybridized carbons (Fsp3) is 0.385. The summed E-state index contributed by atoms with van der Waals surface area (Å²) in [6.45, 7) is 0. The van der Waals surface area contributed by atoms with Crippen LogP contribution >= 0.6 is 11.6 Å². The number of rotatable bonds is 3. The van der Waals surface area contributed by atoms with E-state index in [4.69, 9.17) is 16.9 Å². The minimum Gasteiger partial charge on any atom is -0.297 e. The second kappa shape index (κ2) is 5.51. The lowest BCUT2D eigenvalue weighted by Crippen LogP contribution is -2.22. The molecule has 1 aromatic rings. The molecule has 0 N–H and O–H groups in total. The molecule has 0 saturated carbocycles. The quantitative estimate of drug-likeness (QED) is 0.856. The molecule has 1 saturated heterocycles. The average Bonchev–Trinajstić information content (AvgIpc) is 2.73. The number of nitrogens with zero attached hydrogens (tertiary/aromatic N) is 1. The van der Waals surface area contributed by atoms with E-state index in [9.17, 15) is 17.6 Å². The van der Waals surface area contributed by atoms with Gasteiger partial charge in [0.25, 0.3) is 0 Å². The van der Waals surface area contributed by atoms with Crippen LogP contribution in [-0.2, 0) is 14.6 Å². The van der Waals surface area contributed by atoms with Crippen LogP contribution in [0.25, 0.3) is 0 Å². The molecule has 0 aliphatic carbocycles. The van der Waals surface area contributed by atoms with Crippen molar-refractivity contribution in [2.75, 3.05) is 11.5 Å². The first-order chi connectivity index (χ1) is 9.34. The first kappa shape index (κ1) is 14.9. The van der Waals surface area contributed by atoms with Crippen LogP contribution in [0.3, 0.4) is 0 Å². The predicted octanol–water partition coefficient (Wildman–Crippen LogP) is 2.09. The molecule has 2 rings (SSSR count). The van der Waals surface area contributed by atoms with Gasteiger partial charge in [-0.3, -0.25) is 4.79 Å². The summed E-state index contributed by atoms with van der Waals surface area (Å²) in [5.74, 6) is -3.16. The highest BCUT2D eigenvalue weighted by atomic mass is 35.5. The number of ketones is 1. The largest absolute Gasteiger partial charge is 0.297 e. The summed E-state index contributed by atoms with van der Waals surface area (Å²) in [5, 5.41) is 9.15. The molecule has 2 atom stereocenters. The van der Waals surface area contributed by atoms with E-state index in [2.05, 4.69) is 0 Å². The SMILES string of the molecule is N#CC(C(=O)C1CCS(=O)(=O)C1)c1ccc(F)cc1Cl. The van der Waals surface area contributed by atoms with Gasteiger partial charge in [-0.2, -0.15) is 5.26 Å². The molecule has 1 aliphatic heterocycles. The minimum absolute atomic E-state index is 0.00856. The maximum absolute atomic E-state index is 13.0. The number of hydrogen-bond acceptors (Lipinski definition) is 4. The topological polar surface area (TPSA) is 75.0 Å². The average molecular weight is 316 g/mol. The molecule has 0 amide bonds. The Balaban J connectivity index is 2.29. The van der Waals surface area contributed by atoms with Gasteiger partial charge in [0.2, 0.25) is 0 Å². The van der Waals surface area contributed by atoms with Crippen molar-refractivity contribution in [3.63, 3.8) is 0 Å². The van der Waals surface area contributed by atoms with Gasteiger partial charge in [-0.1, -0.05) is 17.7 Å². The second-order valence-electron chi connectivity index (χ2n) is 4.73. The van der Waals surface area contributed by atoms with Crippen molar-refractivity contribution in [1.82, 2.24) is 0 Å². The van der Waals surface area contributed by atoms with Crippen LogP contribution in [0.15, 0.2) is 18.2 Å². The van der Waals surface area contributed by atoms with Crippen LogP contribution in [0.1, 0.15) is 17.9 Å². The number of benzene rings is 1. The van der Waals surface area contributed by atoms with Gasteiger partial charge in [0.1, 0.15) is 11.7 Å². The molecule has 7 heteroatoms. The van der Waals surface area contributed by atoms with Gasteiger partial charge < -0.3 is 0 Å². The van der Waals surface area contributed by atoms with Crippen molar-refractivity contribution in [2.24, 2.45) is 5.92 Å². The summed E-state index contributed by atoms with van der Waals surface area (Å²) in [6, 6.07) is 5.26. The molecule has 0 bridgehead atoms. The van der Waals surface area contributed by atoms with Crippen LogP contribution < -0.4 is 0 Å². The number of halogens is 2. The Hall–Kier alpha value is -1.45. The van der Waals surface area contributed by atoms with Gasteiger partial charge in [-0.25, -0.2) is 12.8 Å². The fourth-order valence-electron chi connectivity index (χ4n) is 2.28. The molecule has 1 fully saturated rings. The van der Waals surface area contributed by atoms with Gasteiger partial charge in [-0.05, 0) is 24.1 Å². The molecule has 1 aromatic carbocycles. The van der Waals surface area contributed by atoms with E-state index in [0.29, 0.717) is 0 Å². The number of hydrogen-bond donors (Lipinski definition) is 0. The van der Waals surface area contributed by atoms with E-state index in [1.54, 1.807) is 0 Å². The van der Waals surface area contributed by atoms with Crippen molar-refractivity contribution in [3.05, 3.63) is 34.6 Å². The van der Waals surface area contributed by atoms with Gasteiger partial charge >= 0.3 is 0 Å². The summed E-state index contributed by atoms with van der Waals surface area (Å²) in [6.07, 6.45) is 0.220. The van der Waals surface area contributed by atoms with Crippen LogP contribution in [0.2, 0.25) is 5.02 Å². The highest BCUT2D eigenvalue weighted by Gasteiger charge is 2.37. The lowest BCUT2D eigenvalue weighted by atomic mass is 9.88. The zero-order chi connectivity index (χ0) is 14.9. The Morgan fingerprint density at radius 2 is 2.20 bits per heavy atom. The molecular weight excluding hydrogens is 305 g/mol.